The van der Waals surface area contributed by atoms with Crippen molar-refractivity contribution in [2.45, 2.75) is 27.3 Å². The summed E-state index contributed by atoms with van der Waals surface area (Å²) in [6.45, 7) is 7.34. The van der Waals surface area contributed by atoms with Crippen LogP contribution in [0.15, 0.2) is 66.7 Å². The first-order valence-electron chi connectivity index (χ1n) is 9.39. The summed E-state index contributed by atoms with van der Waals surface area (Å²) in [7, 11) is 0. The predicted molar refractivity (Wildman–Crippen MR) is 108 cm³/mol. The third kappa shape index (κ3) is 2.35. The summed E-state index contributed by atoms with van der Waals surface area (Å²) < 4.78 is 4.51. The normalized spacial score (nSPS) is 12.1. The van der Waals surface area contributed by atoms with Crippen molar-refractivity contribution in [2.75, 3.05) is 0 Å². The minimum absolute atomic E-state index is 0.822. The van der Waals surface area contributed by atoms with Gasteiger partial charge in [0.1, 0.15) is 12.2 Å². The zero-order valence-corrected chi connectivity index (χ0v) is 15.9. The minimum atomic E-state index is 0.822. The van der Waals surface area contributed by atoms with E-state index >= 15 is 0 Å². The first-order chi connectivity index (χ1) is 13.1. The second-order valence-corrected chi connectivity index (χ2v) is 7.35. The second-order valence-electron chi connectivity index (χ2n) is 7.35. The Bertz CT molecular complexity index is 1160. The van der Waals surface area contributed by atoms with Crippen LogP contribution in [-0.4, -0.2) is 9.78 Å². The molecule has 132 valence electrons. The number of benzene rings is 3. The highest BCUT2D eigenvalue weighted by Gasteiger charge is 2.36. The van der Waals surface area contributed by atoms with Crippen molar-refractivity contribution in [3.05, 3.63) is 89.0 Å². The van der Waals surface area contributed by atoms with E-state index in [1.54, 1.807) is 0 Å². The fraction of sp³-hybridized carbons (Fsp3) is 0.167. The molecule has 0 saturated heterocycles. The molecular formula is C24H22N3+. The Balaban J connectivity index is 1.90. The van der Waals surface area contributed by atoms with E-state index in [0.29, 0.717) is 0 Å². The van der Waals surface area contributed by atoms with Gasteiger partial charge in [-0.05, 0) is 49.6 Å². The lowest BCUT2D eigenvalue weighted by Gasteiger charge is -2.11. The molecule has 2 heterocycles. The van der Waals surface area contributed by atoms with Crippen LogP contribution in [0.3, 0.4) is 0 Å². The van der Waals surface area contributed by atoms with Gasteiger partial charge in [-0.1, -0.05) is 54.6 Å². The topological polar surface area (TPSA) is 21.7 Å². The molecule has 5 rings (SSSR count). The maximum Gasteiger partial charge on any atom is 0.314 e. The zero-order chi connectivity index (χ0) is 18.5. The van der Waals surface area contributed by atoms with E-state index in [1.165, 1.54) is 44.9 Å². The monoisotopic (exact) mass is 352 g/mol. The van der Waals surface area contributed by atoms with Crippen LogP contribution in [0.1, 0.15) is 22.3 Å². The summed E-state index contributed by atoms with van der Waals surface area (Å²) >= 11 is 0. The molecule has 1 aliphatic rings. The maximum atomic E-state index is 5.07. The number of fused-ring (bicyclic) bond motifs is 3. The standard InChI is InChI=1S/C24H22N3/c1-16-9-4-6-13-20(16)23-25-26-15-19-12-5-7-14-21(19)24(26)27(23)22-17(2)10-8-11-18(22)3/h4-14H,15H2,1-3H3/q+1. The molecule has 0 radical (unpaired) electrons. The molecule has 0 spiro atoms. The quantitative estimate of drug-likeness (QED) is 0.419. The van der Waals surface area contributed by atoms with Gasteiger partial charge in [-0.25, -0.2) is 0 Å². The minimum Gasteiger partial charge on any atom is -0.189 e. The van der Waals surface area contributed by atoms with Gasteiger partial charge in [0.2, 0.25) is 0 Å². The van der Waals surface area contributed by atoms with Gasteiger partial charge in [-0.15, -0.1) is 4.68 Å². The lowest BCUT2D eigenvalue weighted by Crippen LogP contribution is -2.36. The van der Waals surface area contributed by atoms with Crippen LogP contribution in [0.25, 0.3) is 28.5 Å². The van der Waals surface area contributed by atoms with E-state index in [0.717, 1.165) is 12.4 Å². The van der Waals surface area contributed by atoms with E-state index in [2.05, 4.69) is 96.8 Å². The molecule has 1 aromatic heterocycles. The highest BCUT2D eigenvalue weighted by Crippen LogP contribution is 2.33. The van der Waals surface area contributed by atoms with Crippen molar-refractivity contribution in [3.8, 4) is 28.5 Å². The fourth-order valence-corrected chi connectivity index (χ4v) is 4.20. The smallest absolute Gasteiger partial charge is 0.189 e. The van der Waals surface area contributed by atoms with Gasteiger partial charge in [0, 0.05) is 10.7 Å². The Morgan fingerprint density at radius 3 is 2.11 bits per heavy atom. The highest BCUT2D eigenvalue weighted by molar-refractivity contribution is 5.66. The summed E-state index contributed by atoms with van der Waals surface area (Å²) in [5.41, 5.74) is 8.77. The Hall–Kier alpha value is -3.20. The van der Waals surface area contributed by atoms with Crippen molar-refractivity contribution >= 4 is 0 Å². The SMILES string of the molecule is Cc1ccccc1-c1nn2c([n+]1-c1c(C)cccc1C)-c1ccccc1C2. The summed E-state index contributed by atoms with van der Waals surface area (Å²) in [5.74, 6) is 2.18. The summed E-state index contributed by atoms with van der Waals surface area (Å²) in [6, 6.07) is 23.6. The Labute approximate surface area is 159 Å². The van der Waals surface area contributed by atoms with Gasteiger partial charge in [0.15, 0.2) is 0 Å². The van der Waals surface area contributed by atoms with E-state index in [1.807, 2.05) is 0 Å². The van der Waals surface area contributed by atoms with Crippen LogP contribution in [0.5, 0.6) is 0 Å². The average molecular weight is 352 g/mol. The molecule has 3 aromatic carbocycles. The van der Waals surface area contributed by atoms with Crippen molar-refractivity contribution < 1.29 is 4.57 Å². The molecule has 0 amide bonds. The molecule has 0 bridgehead atoms. The summed E-state index contributed by atoms with van der Waals surface area (Å²) in [5, 5.41) is 5.07. The van der Waals surface area contributed by atoms with Crippen molar-refractivity contribution in [1.29, 1.82) is 0 Å². The van der Waals surface area contributed by atoms with Crippen molar-refractivity contribution in [2.24, 2.45) is 0 Å². The molecule has 4 aromatic rings. The van der Waals surface area contributed by atoms with Gasteiger partial charge in [-0.2, -0.15) is 4.57 Å². The van der Waals surface area contributed by atoms with E-state index in [-0.39, 0.29) is 0 Å². The average Bonchev–Trinajstić information content (AvgIpc) is 3.19. The third-order valence-electron chi connectivity index (χ3n) is 5.51. The largest absolute Gasteiger partial charge is 0.314 e. The van der Waals surface area contributed by atoms with Crippen LogP contribution >= 0.6 is 0 Å². The van der Waals surface area contributed by atoms with Crippen LogP contribution in [-0.2, 0) is 6.54 Å². The molecule has 0 fully saturated rings. The fourth-order valence-electron chi connectivity index (χ4n) is 4.20. The molecule has 0 N–H and O–H groups in total. The summed E-state index contributed by atoms with van der Waals surface area (Å²) in [4.78, 5) is 0. The second kappa shape index (κ2) is 5.92. The molecular weight excluding hydrogens is 330 g/mol. The molecule has 3 heteroatoms. The molecule has 0 aliphatic carbocycles. The van der Waals surface area contributed by atoms with E-state index in [4.69, 9.17) is 5.10 Å². The number of aromatic nitrogens is 3. The molecule has 0 atom stereocenters. The number of aryl methyl sites for hydroxylation is 3. The first kappa shape index (κ1) is 16.0. The van der Waals surface area contributed by atoms with Gasteiger partial charge >= 0.3 is 5.82 Å². The molecule has 0 saturated carbocycles. The van der Waals surface area contributed by atoms with E-state index in [9.17, 15) is 0 Å². The van der Waals surface area contributed by atoms with Gasteiger partial charge < -0.3 is 0 Å². The van der Waals surface area contributed by atoms with Crippen LogP contribution in [0.4, 0.5) is 0 Å². The lowest BCUT2D eigenvalue weighted by atomic mass is 10.0. The Kier molecular flexibility index (Phi) is 3.51. The number of hydrogen-bond acceptors (Lipinski definition) is 1. The van der Waals surface area contributed by atoms with Crippen LogP contribution in [0, 0.1) is 20.8 Å². The Morgan fingerprint density at radius 1 is 0.741 bits per heavy atom. The Morgan fingerprint density at radius 2 is 1.37 bits per heavy atom. The molecule has 3 nitrogen and oxygen atoms in total. The lowest BCUT2D eigenvalue weighted by molar-refractivity contribution is -0.573. The van der Waals surface area contributed by atoms with Gasteiger partial charge in [0.25, 0.3) is 5.82 Å². The summed E-state index contributed by atoms with van der Waals surface area (Å²) in [6.07, 6.45) is 0. The van der Waals surface area contributed by atoms with Crippen molar-refractivity contribution in [3.63, 3.8) is 0 Å². The maximum absolute atomic E-state index is 5.07. The molecule has 0 unspecified atom stereocenters. The third-order valence-corrected chi connectivity index (χ3v) is 5.51. The number of nitrogens with zero attached hydrogens (tertiary/aromatic N) is 3. The number of para-hydroxylation sites is 1. The first-order valence-corrected chi connectivity index (χ1v) is 9.39. The van der Waals surface area contributed by atoms with Crippen molar-refractivity contribution in [1.82, 2.24) is 9.78 Å². The number of rotatable bonds is 2. The highest BCUT2D eigenvalue weighted by atomic mass is 15.4. The zero-order valence-electron chi connectivity index (χ0n) is 15.9. The number of hydrogen-bond donors (Lipinski definition) is 0. The van der Waals surface area contributed by atoms with Crippen LogP contribution in [0.2, 0.25) is 0 Å². The van der Waals surface area contributed by atoms with Crippen LogP contribution < -0.4 is 4.57 Å². The predicted octanol–water partition coefficient (Wildman–Crippen LogP) is 4.78. The molecule has 1 aliphatic heterocycles. The van der Waals surface area contributed by atoms with Gasteiger partial charge in [-0.3, -0.25) is 0 Å². The van der Waals surface area contributed by atoms with E-state index < -0.39 is 0 Å². The molecule has 27 heavy (non-hydrogen) atoms. The van der Waals surface area contributed by atoms with Gasteiger partial charge in [0.05, 0.1) is 11.1 Å².